The molecule has 0 aromatic heterocycles. The summed E-state index contributed by atoms with van der Waals surface area (Å²) in [6.45, 7) is 12.1. The highest BCUT2D eigenvalue weighted by molar-refractivity contribution is 5.78. The highest BCUT2D eigenvalue weighted by Crippen LogP contribution is 2.21. The van der Waals surface area contributed by atoms with E-state index >= 15 is 0 Å². The van der Waals surface area contributed by atoms with Crippen molar-refractivity contribution in [2.75, 3.05) is 26.3 Å². The molecular formula is C16H31NO2. The number of piperidine rings is 1. The van der Waals surface area contributed by atoms with Crippen LogP contribution in [-0.4, -0.2) is 37.1 Å². The summed E-state index contributed by atoms with van der Waals surface area (Å²) in [5.74, 6) is 1.92. The van der Waals surface area contributed by atoms with E-state index in [1.54, 1.807) is 0 Å². The Hall–Kier alpha value is -0.570. The Kier molecular flexibility index (Phi) is 7.44. The molecule has 1 aliphatic rings. The summed E-state index contributed by atoms with van der Waals surface area (Å²) >= 11 is 0. The maximum Gasteiger partial charge on any atom is 0.225 e. The van der Waals surface area contributed by atoms with Crippen LogP contribution in [0.4, 0.5) is 0 Å². The first-order valence-electron chi connectivity index (χ1n) is 7.87. The molecule has 3 heteroatoms. The van der Waals surface area contributed by atoms with Gasteiger partial charge >= 0.3 is 0 Å². The third-order valence-electron chi connectivity index (χ3n) is 3.93. The van der Waals surface area contributed by atoms with Crippen molar-refractivity contribution in [3.05, 3.63) is 0 Å². The minimum Gasteiger partial charge on any atom is -0.381 e. The van der Waals surface area contributed by atoms with Gasteiger partial charge in [0, 0.05) is 32.2 Å². The van der Waals surface area contributed by atoms with E-state index in [1.807, 2.05) is 18.7 Å². The molecule has 0 radical (unpaired) electrons. The summed E-state index contributed by atoms with van der Waals surface area (Å²) in [6.07, 6.45) is 4.60. The predicted molar refractivity (Wildman–Crippen MR) is 79.0 cm³/mol. The average Bonchev–Trinajstić information content (AvgIpc) is 2.37. The summed E-state index contributed by atoms with van der Waals surface area (Å²) in [4.78, 5) is 13.9. The van der Waals surface area contributed by atoms with Gasteiger partial charge < -0.3 is 9.64 Å². The molecule has 1 saturated heterocycles. The van der Waals surface area contributed by atoms with Crippen LogP contribution >= 0.6 is 0 Å². The average molecular weight is 269 g/mol. The highest BCUT2D eigenvalue weighted by atomic mass is 16.5. The fraction of sp³-hybridized carbons (Fsp3) is 0.938. The van der Waals surface area contributed by atoms with Crippen LogP contribution in [-0.2, 0) is 9.53 Å². The number of rotatable bonds is 7. The van der Waals surface area contributed by atoms with Gasteiger partial charge in [0.1, 0.15) is 0 Å². The first-order valence-corrected chi connectivity index (χ1v) is 7.87. The zero-order chi connectivity index (χ0) is 14.3. The van der Waals surface area contributed by atoms with Crippen LogP contribution in [0.15, 0.2) is 0 Å². The number of likely N-dealkylation sites (tertiary alicyclic amines) is 1. The molecule has 0 N–H and O–H groups in total. The Labute approximate surface area is 118 Å². The van der Waals surface area contributed by atoms with Gasteiger partial charge in [0.05, 0.1) is 0 Å². The minimum atomic E-state index is 0.135. The number of carbonyl (C=O) groups is 1. The molecule has 0 spiro atoms. The lowest BCUT2D eigenvalue weighted by molar-refractivity contribution is -0.135. The van der Waals surface area contributed by atoms with Crippen molar-refractivity contribution in [2.45, 2.75) is 53.4 Å². The van der Waals surface area contributed by atoms with Crippen LogP contribution in [0.2, 0.25) is 0 Å². The van der Waals surface area contributed by atoms with Crippen LogP contribution < -0.4 is 0 Å². The molecule has 112 valence electrons. The minimum absolute atomic E-state index is 0.135. The van der Waals surface area contributed by atoms with Crippen LogP contribution in [0.1, 0.15) is 53.4 Å². The van der Waals surface area contributed by atoms with Crippen LogP contribution in [0.5, 0.6) is 0 Å². The lowest BCUT2D eigenvalue weighted by Gasteiger charge is -2.33. The van der Waals surface area contributed by atoms with Crippen molar-refractivity contribution in [3.63, 3.8) is 0 Å². The van der Waals surface area contributed by atoms with Gasteiger partial charge in [-0.25, -0.2) is 0 Å². The van der Waals surface area contributed by atoms with Crippen molar-refractivity contribution in [1.29, 1.82) is 0 Å². The quantitative estimate of drug-likeness (QED) is 0.663. The summed E-state index contributed by atoms with van der Waals surface area (Å²) < 4.78 is 5.68. The van der Waals surface area contributed by atoms with E-state index in [1.165, 1.54) is 0 Å². The van der Waals surface area contributed by atoms with Gasteiger partial charge in [0.2, 0.25) is 5.91 Å². The second-order valence-corrected chi connectivity index (χ2v) is 6.51. The fourth-order valence-electron chi connectivity index (χ4n) is 2.48. The van der Waals surface area contributed by atoms with Gasteiger partial charge in [-0.3, -0.25) is 4.79 Å². The van der Waals surface area contributed by atoms with Crippen molar-refractivity contribution in [2.24, 2.45) is 17.8 Å². The van der Waals surface area contributed by atoms with Crippen molar-refractivity contribution in [3.8, 4) is 0 Å². The Balaban J connectivity index is 2.08. The summed E-state index contributed by atoms with van der Waals surface area (Å²) in [5.41, 5.74) is 0. The lowest BCUT2D eigenvalue weighted by Crippen LogP contribution is -2.40. The van der Waals surface area contributed by atoms with Gasteiger partial charge in [0.15, 0.2) is 0 Å². The zero-order valence-electron chi connectivity index (χ0n) is 13.2. The maximum absolute atomic E-state index is 11.9. The van der Waals surface area contributed by atoms with Gasteiger partial charge in [0.25, 0.3) is 0 Å². The normalized spacial score (nSPS) is 17.5. The van der Waals surface area contributed by atoms with Gasteiger partial charge in [-0.2, -0.15) is 0 Å². The molecule has 0 aliphatic carbocycles. The van der Waals surface area contributed by atoms with E-state index in [0.29, 0.717) is 5.91 Å². The van der Waals surface area contributed by atoms with Crippen molar-refractivity contribution >= 4 is 5.91 Å². The van der Waals surface area contributed by atoms with Crippen LogP contribution in [0.25, 0.3) is 0 Å². The molecule has 19 heavy (non-hydrogen) atoms. The topological polar surface area (TPSA) is 29.5 Å². The molecule has 3 nitrogen and oxygen atoms in total. The van der Waals surface area contributed by atoms with Crippen molar-refractivity contribution in [1.82, 2.24) is 4.90 Å². The Morgan fingerprint density at radius 3 is 2.32 bits per heavy atom. The SMILES string of the molecule is CC(C)CCOCCC1CCN(C(=O)C(C)C)CC1. The number of amides is 1. The molecule has 0 bridgehead atoms. The predicted octanol–water partition coefficient (Wildman–Crippen LogP) is 3.33. The van der Waals surface area contributed by atoms with E-state index in [4.69, 9.17) is 4.74 Å². The molecule has 0 aromatic rings. The lowest BCUT2D eigenvalue weighted by atomic mass is 9.93. The van der Waals surface area contributed by atoms with E-state index in [-0.39, 0.29) is 5.92 Å². The molecule has 0 aromatic carbocycles. The molecule has 0 unspecified atom stereocenters. The Morgan fingerprint density at radius 1 is 1.16 bits per heavy atom. The standard InChI is InChI=1S/C16H31NO2/c1-13(2)7-11-19-12-8-15-5-9-17(10-6-15)16(18)14(3)4/h13-15H,5-12H2,1-4H3. The van der Waals surface area contributed by atoms with Crippen LogP contribution in [0.3, 0.4) is 0 Å². The number of hydrogen-bond acceptors (Lipinski definition) is 2. The molecule has 1 amide bonds. The second-order valence-electron chi connectivity index (χ2n) is 6.51. The third kappa shape index (κ3) is 6.42. The molecule has 0 saturated carbocycles. The van der Waals surface area contributed by atoms with Gasteiger partial charge in [-0.15, -0.1) is 0 Å². The van der Waals surface area contributed by atoms with Gasteiger partial charge in [-0.1, -0.05) is 27.7 Å². The molecular weight excluding hydrogens is 238 g/mol. The number of nitrogens with zero attached hydrogens (tertiary/aromatic N) is 1. The first kappa shape index (κ1) is 16.5. The summed E-state index contributed by atoms with van der Waals surface area (Å²) in [7, 11) is 0. The monoisotopic (exact) mass is 269 g/mol. The van der Waals surface area contributed by atoms with E-state index in [0.717, 1.165) is 63.8 Å². The molecule has 1 fully saturated rings. The van der Waals surface area contributed by atoms with E-state index in [9.17, 15) is 4.79 Å². The first-order chi connectivity index (χ1) is 9.00. The molecule has 1 heterocycles. The molecule has 0 atom stereocenters. The van der Waals surface area contributed by atoms with Gasteiger partial charge in [-0.05, 0) is 37.5 Å². The Morgan fingerprint density at radius 2 is 1.79 bits per heavy atom. The number of ether oxygens (including phenoxy) is 1. The smallest absolute Gasteiger partial charge is 0.225 e. The summed E-state index contributed by atoms with van der Waals surface area (Å²) in [6, 6.07) is 0. The van der Waals surface area contributed by atoms with E-state index < -0.39 is 0 Å². The maximum atomic E-state index is 11.9. The number of hydrogen-bond donors (Lipinski definition) is 0. The third-order valence-corrected chi connectivity index (χ3v) is 3.93. The zero-order valence-corrected chi connectivity index (χ0v) is 13.2. The molecule has 1 rings (SSSR count). The van der Waals surface area contributed by atoms with E-state index in [2.05, 4.69) is 13.8 Å². The summed E-state index contributed by atoms with van der Waals surface area (Å²) in [5, 5.41) is 0. The van der Waals surface area contributed by atoms with Crippen LogP contribution in [0, 0.1) is 17.8 Å². The largest absolute Gasteiger partial charge is 0.381 e. The second kappa shape index (κ2) is 8.57. The van der Waals surface area contributed by atoms with Crippen molar-refractivity contribution < 1.29 is 9.53 Å². The number of carbonyl (C=O) groups excluding carboxylic acids is 1. The highest BCUT2D eigenvalue weighted by Gasteiger charge is 2.23. The molecule has 1 aliphatic heterocycles. The Bertz CT molecular complexity index is 255. The fourth-order valence-corrected chi connectivity index (χ4v) is 2.48.